The number of ether oxygens (including phenoxy) is 2. The standard InChI is InChI=1S/C19H23N3O4/c1-3-25-16-8-6-15(7-9-16)20-13-19(24)22-21-12-14-5-10-17(23)18(11-14)26-4-2/h5-12,20,23H,3-4,13H2,1-2H3,(H,22,24). The Morgan fingerprint density at radius 3 is 2.54 bits per heavy atom. The van der Waals surface area contributed by atoms with Gasteiger partial charge in [0.2, 0.25) is 0 Å². The van der Waals surface area contributed by atoms with Crippen LogP contribution < -0.4 is 20.2 Å². The summed E-state index contributed by atoms with van der Waals surface area (Å²) < 4.78 is 10.7. The summed E-state index contributed by atoms with van der Waals surface area (Å²) in [6.45, 7) is 4.90. The molecular formula is C19H23N3O4. The van der Waals surface area contributed by atoms with Crippen LogP contribution in [-0.2, 0) is 4.79 Å². The second-order valence-corrected chi connectivity index (χ2v) is 5.26. The predicted molar refractivity (Wildman–Crippen MR) is 101 cm³/mol. The molecule has 3 N–H and O–H groups in total. The minimum Gasteiger partial charge on any atom is -0.504 e. The number of phenolic OH excluding ortho intramolecular Hbond substituents is 1. The second kappa shape index (κ2) is 9.93. The first-order valence-corrected chi connectivity index (χ1v) is 8.36. The number of hydrazone groups is 1. The van der Waals surface area contributed by atoms with Crippen molar-refractivity contribution in [3.05, 3.63) is 48.0 Å². The van der Waals surface area contributed by atoms with Crippen molar-refractivity contribution in [1.82, 2.24) is 5.43 Å². The second-order valence-electron chi connectivity index (χ2n) is 5.26. The van der Waals surface area contributed by atoms with E-state index in [9.17, 15) is 9.90 Å². The van der Waals surface area contributed by atoms with Crippen molar-refractivity contribution >= 4 is 17.8 Å². The fourth-order valence-corrected chi connectivity index (χ4v) is 2.12. The van der Waals surface area contributed by atoms with Crippen LogP contribution in [-0.4, -0.2) is 37.0 Å². The van der Waals surface area contributed by atoms with E-state index in [0.717, 1.165) is 11.4 Å². The van der Waals surface area contributed by atoms with E-state index in [1.807, 2.05) is 38.1 Å². The maximum Gasteiger partial charge on any atom is 0.259 e. The summed E-state index contributed by atoms with van der Waals surface area (Å²) in [6.07, 6.45) is 1.48. The van der Waals surface area contributed by atoms with Gasteiger partial charge in [-0.15, -0.1) is 0 Å². The van der Waals surface area contributed by atoms with Crippen LogP contribution in [0.5, 0.6) is 17.2 Å². The Balaban J connectivity index is 1.81. The van der Waals surface area contributed by atoms with Gasteiger partial charge < -0.3 is 19.9 Å². The van der Waals surface area contributed by atoms with Gasteiger partial charge in [0.1, 0.15) is 5.75 Å². The van der Waals surface area contributed by atoms with Gasteiger partial charge >= 0.3 is 0 Å². The Morgan fingerprint density at radius 1 is 1.12 bits per heavy atom. The van der Waals surface area contributed by atoms with Gasteiger partial charge in [0.05, 0.1) is 26.0 Å². The van der Waals surface area contributed by atoms with E-state index < -0.39 is 0 Å². The molecule has 0 aliphatic rings. The normalized spacial score (nSPS) is 10.5. The summed E-state index contributed by atoms with van der Waals surface area (Å²) in [5.41, 5.74) is 3.95. The molecular weight excluding hydrogens is 334 g/mol. The van der Waals surface area contributed by atoms with Gasteiger partial charge in [0.15, 0.2) is 11.5 Å². The monoisotopic (exact) mass is 357 g/mol. The molecule has 0 saturated carbocycles. The van der Waals surface area contributed by atoms with Crippen LogP contribution in [0.3, 0.4) is 0 Å². The largest absolute Gasteiger partial charge is 0.504 e. The first-order valence-electron chi connectivity index (χ1n) is 8.36. The lowest BCUT2D eigenvalue weighted by Crippen LogP contribution is -2.25. The molecule has 138 valence electrons. The molecule has 2 aromatic rings. The highest BCUT2D eigenvalue weighted by Gasteiger charge is 2.03. The van der Waals surface area contributed by atoms with Crippen LogP contribution in [0.25, 0.3) is 0 Å². The predicted octanol–water partition coefficient (Wildman–Crippen LogP) is 2.75. The van der Waals surface area contributed by atoms with Crippen molar-refractivity contribution in [2.45, 2.75) is 13.8 Å². The molecule has 0 fully saturated rings. The number of nitrogens with zero attached hydrogens (tertiary/aromatic N) is 1. The number of hydrogen-bond acceptors (Lipinski definition) is 6. The Bertz CT molecular complexity index is 745. The highest BCUT2D eigenvalue weighted by Crippen LogP contribution is 2.26. The summed E-state index contributed by atoms with van der Waals surface area (Å²) in [6, 6.07) is 12.2. The fraction of sp³-hybridized carbons (Fsp3) is 0.263. The molecule has 0 aliphatic heterocycles. The average Bonchev–Trinajstić information content (AvgIpc) is 2.64. The van der Waals surface area contributed by atoms with Gasteiger partial charge in [-0.05, 0) is 61.9 Å². The molecule has 0 saturated heterocycles. The van der Waals surface area contributed by atoms with Crippen molar-refractivity contribution in [3.8, 4) is 17.2 Å². The number of rotatable bonds is 9. The molecule has 1 amide bonds. The molecule has 0 aliphatic carbocycles. The van der Waals surface area contributed by atoms with Crippen LogP contribution in [0.4, 0.5) is 5.69 Å². The molecule has 7 nitrogen and oxygen atoms in total. The number of carbonyl (C=O) groups is 1. The number of anilines is 1. The Hall–Kier alpha value is -3.22. The first kappa shape index (κ1) is 19.1. The molecule has 2 rings (SSSR count). The fourth-order valence-electron chi connectivity index (χ4n) is 2.12. The van der Waals surface area contributed by atoms with Crippen LogP contribution in [0, 0.1) is 0 Å². The van der Waals surface area contributed by atoms with E-state index in [1.165, 1.54) is 12.3 Å². The minimum absolute atomic E-state index is 0.0626. The third kappa shape index (κ3) is 6.01. The van der Waals surface area contributed by atoms with Gasteiger partial charge in [-0.2, -0.15) is 5.10 Å². The molecule has 0 heterocycles. The van der Waals surface area contributed by atoms with E-state index in [0.29, 0.717) is 24.5 Å². The lowest BCUT2D eigenvalue weighted by atomic mass is 10.2. The summed E-state index contributed by atoms with van der Waals surface area (Å²) in [5, 5.41) is 16.6. The van der Waals surface area contributed by atoms with Crippen molar-refractivity contribution in [2.75, 3.05) is 25.1 Å². The van der Waals surface area contributed by atoms with Crippen molar-refractivity contribution in [2.24, 2.45) is 5.10 Å². The molecule has 0 atom stereocenters. The number of hydrogen-bond donors (Lipinski definition) is 3. The first-order chi connectivity index (χ1) is 12.6. The zero-order chi connectivity index (χ0) is 18.8. The zero-order valence-electron chi connectivity index (χ0n) is 14.9. The molecule has 0 spiro atoms. The van der Waals surface area contributed by atoms with Gasteiger partial charge in [-0.25, -0.2) is 5.43 Å². The number of benzene rings is 2. The van der Waals surface area contributed by atoms with Gasteiger partial charge in [0, 0.05) is 5.69 Å². The molecule has 0 radical (unpaired) electrons. The molecule has 7 heteroatoms. The van der Waals surface area contributed by atoms with Gasteiger partial charge in [-0.3, -0.25) is 4.79 Å². The van der Waals surface area contributed by atoms with E-state index in [2.05, 4.69) is 15.8 Å². The number of nitrogens with one attached hydrogen (secondary N) is 2. The Morgan fingerprint density at radius 2 is 1.85 bits per heavy atom. The number of amides is 1. The quantitative estimate of drug-likeness (QED) is 0.474. The lowest BCUT2D eigenvalue weighted by molar-refractivity contribution is -0.119. The minimum atomic E-state index is -0.279. The third-order valence-corrected chi connectivity index (χ3v) is 3.30. The summed E-state index contributed by atoms with van der Waals surface area (Å²) in [7, 11) is 0. The highest BCUT2D eigenvalue weighted by atomic mass is 16.5. The Kier molecular flexibility index (Phi) is 7.30. The van der Waals surface area contributed by atoms with Crippen molar-refractivity contribution < 1.29 is 19.4 Å². The van der Waals surface area contributed by atoms with Crippen LogP contribution in [0.15, 0.2) is 47.6 Å². The molecule has 2 aromatic carbocycles. The van der Waals surface area contributed by atoms with E-state index in [-0.39, 0.29) is 18.2 Å². The van der Waals surface area contributed by atoms with Crippen molar-refractivity contribution in [1.29, 1.82) is 0 Å². The SMILES string of the molecule is CCOc1ccc(NCC(=O)NN=Cc2ccc(O)c(OCC)c2)cc1. The summed E-state index contributed by atoms with van der Waals surface area (Å²) in [5.74, 6) is 0.943. The van der Waals surface area contributed by atoms with E-state index in [4.69, 9.17) is 9.47 Å². The maximum atomic E-state index is 11.8. The van der Waals surface area contributed by atoms with Crippen LogP contribution in [0.2, 0.25) is 0 Å². The van der Waals surface area contributed by atoms with Crippen LogP contribution >= 0.6 is 0 Å². The topological polar surface area (TPSA) is 92.2 Å². The third-order valence-electron chi connectivity index (χ3n) is 3.30. The van der Waals surface area contributed by atoms with E-state index in [1.54, 1.807) is 12.1 Å². The zero-order valence-corrected chi connectivity index (χ0v) is 14.9. The number of carbonyl (C=O) groups excluding carboxylic acids is 1. The van der Waals surface area contributed by atoms with Crippen molar-refractivity contribution in [3.63, 3.8) is 0 Å². The van der Waals surface area contributed by atoms with Gasteiger partial charge in [0.25, 0.3) is 5.91 Å². The lowest BCUT2D eigenvalue weighted by Gasteiger charge is -2.07. The molecule has 0 bridgehead atoms. The molecule has 0 unspecified atom stereocenters. The summed E-state index contributed by atoms with van der Waals surface area (Å²) >= 11 is 0. The number of phenols is 1. The molecule has 0 aromatic heterocycles. The Labute approximate surface area is 152 Å². The van der Waals surface area contributed by atoms with Crippen LogP contribution in [0.1, 0.15) is 19.4 Å². The average molecular weight is 357 g/mol. The highest BCUT2D eigenvalue weighted by molar-refractivity contribution is 5.84. The van der Waals surface area contributed by atoms with Gasteiger partial charge in [-0.1, -0.05) is 0 Å². The van der Waals surface area contributed by atoms with E-state index >= 15 is 0 Å². The summed E-state index contributed by atoms with van der Waals surface area (Å²) in [4.78, 5) is 11.8. The molecule has 26 heavy (non-hydrogen) atoms. The smallest absolute Gasteiger partial charge is 0.259 e. The maximum absolute atomic E-state index is 11.8. The number of aromatic hydroxyl groups is 1.